The lowest BCUT2D eigenvalue weighted by molar-refractivity contribution is -0.128. The Labute approximate surface area is 171 Å². The molecule has 0 N–H and O–H groups in total. The highest BCUT2D eigenvalue weighted by atomic mass is 32.2. The third-order valence-corrected chi connectivity index (χ3v) is 6.70. The van der Waals surface area contributed by atoms with Gasteiger partial charge < -0.3 is 14.5 Å². The molecule has 0 atom stereocenters. The van der Waals surface area contributed by atoms with E-state index in [0.29, 0.717) is 5.75 Å². The summed E-state index contributed by atoms with van der Waals surface area (Å²) in [4.78, 5) is 18.4. The molecule has 1 aliphatic heterocycles. The van der Waals surface area contributed by atoms with E-state index in [0.717, 1.165) is 38.3 Å². The summed E-state index contributed by atoms with van der Waals surface area (Å²) in [7, 11) is 1.69. The smallest absolute Gasteiger partial charge is 0.232 e. The number of carbonyl (C=O) groups excluding carboxylic acids is 1. The fourth-order valence-corrected chi connectivity index (χ4v) is 4.96. The van der Waals surface area contributed by atoms with Gasteiger partial charge in [-0.2, -0.15) is 0 Å². The molecule has 1 saturated heterocycles. The standard InChI is InChI=1S/C23H28N2O2S/c1-27-21-9-7-20(8-10-21)24-12-3-13-25(15-14-24)23(26)17-28-22-11-6-18-4-2-5-19(18)16-22/h6-11,16H,2-5,12-15,17H2,1H3. The van der Waals surface area contributed by atoms with Gasteiger partial charge in [0.05, 0.1) is 12.9 Å². The van der Waals surface area contributed by atoms with Gasteiger partial charge in [-0.25, -0.2) is 0 Å². The van der Waals surface area contributed by atoms with Gasteiger partial charge in [-0.3, -0.25) is 4.79 Å². The van der Waals surface area contributed by atoms with Crippen LogP contribution in [-0.2, 0) is 17.6 Å². The number of hydrogen-bond acceptors (Lipinski definition) is 4. The van der Waals surface area contributed by atoms with Gasteiger partial charge in [-0.15, -0.1) is 11.8 Å². The lowest BCUT2D eigenvalue weighted by Gasteiger charge is -2.24. The normalized spacial score (nSPS) is 16.6. The number of fused-ring (bicyclic) bond motifs is 1. The van der Waals surface area contributed by atoms with E-state index in [1.807, 2.05) is 17.0 Å². The number of amides is 1. The van der Waals surface area contributed by atoms with Gasteiger partial charge in [-0.1, -0.05) is 6.07 Å². The van der Waals surface area contributed by atoms with Crippen LogP contribution in [0.2, 0.25) is 0 Å². The summed E-state index contributed by atoms with van der Waals surface area (Å²) < 4.78 is 5.24. The van der Waals surface area contributed by atoms with Crippen LogP contribution in [0.25, 0.3) is 0 Å². The fourth-order valence-electron chi connectivity index (χ4n) is 4.09. The molecule has 5 heteroatoms. The average molecular weight is 397 g/mol. The van der Waals surface area contributed by atoms with Crippen molar-refractivity contribution in [2.24, 2.45) is 0 Å². The minimum atomic E-state index is 0.252. The molecule has 0 unspecified atom stereocenters. The minimum absolute atomic E-state index is 0.252. The first kappa shape index (κ1) is 19.2. The van der Waals surface area contributed by atoms with E-state index in [1.54, 1.807) is 18.9 Å². The van der Waals surface area contributed by atoms with E-state index in [1.165, 1.54) is 41.0 Å². The molecule has 1 fully saturated rings. The fraction of sp³-hybridized carbons (Fsp3) is 0.435. The first-order chi connectivity index (χ1) is 13.7. The zero-order chi connectivity index (χ0) is 19.3. The number of nitrogens with zero attached hydrogens (tertiary/aromatic N) is 2. The SMILES string of the molecule is COc1ccc(N2CCCN(C(=O)CSc3ccc4c(c3)CCC4)CC2)cc1. The Morgan fingerprint density at radius 2 is 1.79 bits per heavy atom. The van der Waals surface area contributed by atoms with Crippen molar-refractivity contribution in [3.05, 3.63) is 53.6 Å². The third kappa shape index (κ3) is 4.46. The summed E-state index contributed by atoms with van der Waals surface area (Å²) >= 11 is 1.68. The summed E-state index contributed by atoms with van der Waals surface area (Å²) in [5, 5.41) is 0. The van der Waals surface area contributed by atoms with E-state index >= 15 is 0 Å². The molecule has 0 bridgehead atoms. The highest BCUT2D eigenvalue weighted by Crippen LogP contribution is 2.28. The number of aryl methyl sites for hydroxylation is 2. The van der Waals surface area contributed by atoms with E-state index in [4.69, 9.17) is 4.74 Å². The summed E-state index contributed by atoms with van der Waals surface area (Å²) in [6, 6.07) is 14.9. The zero-order valence-electron chi connectivity index (χ0n) is 16.5. The van der Waals surface area contributed by atoms with Gasteiger partial charge in [0.15, 0.2) is 0 Å². The maximum absolute atomic E-state index is 12.8. The summed E-state index contributed by atoms with van der Waals surface area (Å²) in [6.07, 6.45) is 4.66. The maximum Gasteiger partial charge on any atom is 0.232 e. The van der Waals surface area contributed by atoms with Crippen molar-refractivity contribution in [1.82, 2.24) is 4.90 Å². The second kappa shape index (κ2) is 8.91. The third-order valence-electron chi connectivity index (χ3n) is 5.72. The molecule has 0 aromatic heterocycles. The summed E-state index contributed by atoms with van der Waals surface area (Å²) in [6.45, 7) is 3.49. The zero-order valence-corrected chi connectivity index (χ0v) is 17.3. The van der Waals surface area contributed by atoms with Crippen LogP contribution in [0.3, 0.4) is 0 Å². The van der Waals surface area contributed by atoms with Crippen molar-refractivity contribution in [2.45, 2.75) is 30.6 Å². The van der Waals surface area contributed by atoms with Gasteiger partial charge >= 0.3 is 0 Å². The molecular weight excluding hydrogens is 368 g/mol. The molecule has 2 aliphatic rings. The number of thioether (sulfide) groups is 1. The van der Waals surface area contributed by atoms with Crippen LogP contribution in [0, 0.1) is 0 Å². The number of methoxy groups -OCH3 is 1. The lowest BCUT2D eigenvalue weighted by Crippen LogP contribution is -2.36. The molecule has 0 radical (unpaired) electrons. The Bertz CT molecular complexity index is 822. The predicted molar refractivity (Wildman–Crippen MR) is 116 cm³/mol. The molecule has 4 nitrogen and oxygen atoms in total. The Morgan fingerprint density at radius 1 is 0.964 bits per heavy atom. The molecular formula is C23H28N2O2S. The molecule has 0 saturated carbocycles. The first-order valence-electron chi connectivity index (χ1n) is 10.1. The Kier molecular flexibility index (Phi) is 6.10. The van der Waals surface area contributed by atoms with Gasteiger partial charge in [0, 0.05) is 36.8 Å². The number of rotatable bonds is 5. The van der Waals surface area contributed by atoms with Gasteiger partial charge in [0.1, 0.15) is 5.75 Å². The van der Waals surface area contributed by atoms with Crippen molar-refractivity contribution in [1.29, 1.82) is 0 Å². The highest BCUT2D eigenvalue weighted by Gasteiger charge is 2.20. The second-order valence-corrected chi connectivity index (χ2v) is 8.54. The monoisotopic (exact) mass is 396 g/mol. The van der Waals surface area contributed by atoms with E-state index in [2.05, 4.69) is 35.2 Å². The number of hydrogen-bond donors (Lipinski definition) is 0. The van der Waals surface area contributed by atoms with Gasteiger partial charge in [-0.05, 0) is 73.2 Å². The van der Waals surface area contributed by atoms with Crippen molar-refractivity contribution >= 4 is 23.4 Å². The Morgan fingerprint density at radius 3 is 2.61 bits per heavy atom. The van der Waals surface area contributed by atoms with E-state index in [-0.39, 0.29) is 5.91 Å². The predicted octanol–water partition coefficient (Wildman–Crippen LogP) is 4.01. The molecule has 1 heterocycles. The van der Waals surface area contributed by atoms with Crippen LogP contribution in [0.1, 0.15) is 24.0 Å². The van der Waals surface area contributed by atoms with Crippen molar-refractivity contribution in [2.75, 3.05) is 43.9 Å². The average Bonchev–Trinajstić information content (AvgIpc) is 3.06. The highest BCUT2D eigenvalue weighted by molar-refractivity contribution is 8.00. The van der Waals surface area contributed by atoms with Gasteiger partial charge in [0.2, 0.25) is 5.91 Å². The molecule has 1 aliphatic carbocycles. The molecule has 2 aromatic carbocycles. The Hall–Kier alpha value is -2.14. The Balaban J connectivity index is 1.30. The topological polar surface area (TPSA) is 32.8 Å². The number of carbonyl (C=O) groups is 1. The summed E-state index contributed by atoms with van der Waals surface area (Å²) in [5.74, 6) is 1.66. The molecule has 2 aromatic rings. The van der Waals surface area contributed by atoms with Crippen LogP contribution in [-0.4, -0.2) is 49.8 Å². The van der Waals surface area contributed by atoms with Crippen molar-refractivity contribution in [3.63, 3.8) is 0 Å². The van der Waals surface area contributed by atoms with Crippen LogP contribution in [0.5, 0.6) is 5.75 Å². The lowest BCUT2D eigenvalue weighted by atomic mass is 10.1. The number of ether oxygens (including phenoxy) is 1. The number of benzene rings is 2. The largest absolute Gasteiger partial charge is 0.497 e. The minimum Gasteiger partial charge on any atom is -0.497 e. The second-order valence-electron chi connectivity index (χ2n) is 7.49. The molecule has 148 valence electrons. The quantitative estimate of drug-likeness (QED) is 0.715. The van der Waals surface area contributed by atoms with E-state index < -0.39 is 0 Å². The molecule has 0 spiro atoms. The first-order valence-corrected chi connectivity index (χ1v) is 11.1. The van der Waals surface area contributed by atoms with Crippen LogP contribution < -0.4 is 9.64 Å². The maximum atomic E-state index is 12.8. The van der Waals surface area contributed by atoms with Crippen molar-refractivity contribution < 1.29 is 9.53 Å². The molecule has 28 heavy (non-hydrogen) atoms. The van der Waals surface area contributed by atoms with E-state index in [9.17, 15) is 4.79 Å². The van der Waals surface area contributed by atoms with Crippen LogP contribution >= 0.6 is 11.8 Å². The van der Waals surface area contributed by atoms with Gasteiger partial charge in [0.25, 0.3) is 0 Å². The van der Waals surface area contributed by atoms with Crippen molar-refractivity contribution in [3.8, 4) is 5.75 Å². The van der Waals surface area contributed by atoms with Crippen LogP contribution in [0.4, 0.5) is 5.69 Å². The number of anilines is 1. The van der Waals surface area contributed by atoms with Crippen LogP contribution in [0.15, 0.2) is 47.4 Å². The molecule has 1 amide bonds. The molecule has 4 rings (SSSR count). The summed E-state index contributed by atoms with van der Waals surface area (Å²) in [5.41, 5.74) is 4.16.